The highest BCUT2D eigenvalue weighted by atomic mass is 15.2. The lowest BCUT2D eigenvalue weighted by molar-refractivity contribution is 0.163. The third kappa shape index (κ3) is 1.60. The van der Waals surface area contributed by atoms with Crippen LogP contribution in [0.4, 0.5) is 0 Å². The summed E-state index contributed by atoms with van der Waals surface area (Å²) >= 11 is 0. The van der Waals surface area contributed by atoms with Gasteiger partial charge in [0.2, 0.25) is 0 Å². The molecule has 1 nitrogen and oxygen atoms in total. The highest BCUT2D eigenvalue weighted by Crippen LogP contribution is 2.62. The van der Waals surface area contributed by atoms with Gasteiger partial charge in [0.15, 0.2) is 0 Å². The topological polar surface area (TPSA) is 3.24 Å². The fourth-order valence-electron chi connectivity index (χ4n) is 3.26. The third-order valence-electron chi connectivity index (χ3n) is 4.39. The second kappa shape index (κ2) is 2.98. The average molecular weight is 195 g/mol. The van der Waals surface area contributed by atoms with Crippen LogP contribution in [-0.4, -0.2) is 23.5 Å². The van der Waals surface area contributed by atoms with Crippen LogP contribution < -0.4 is 0 Å². The van der Waals surface area contributed by atoms with Crippen LogP contribution in [0.1, 0.15) is 47.5 Å². The molecule has 0 aromatic rings. The molecule has 2 atom stereocenters. The van der Waals surface area contributed by atoms with Crippen LogP contribution in [-0.2, 0) is 0 Å². The quantitative estimate of drug-likeness (QED) is 0.621. The van der Waals surface area contributed by atoms with E-state index in [4.69, 9.17) is 0 Å². The van der Waals surface area contributed by atoms with Gasteiger partial charge in [-0.15, -0.1) is 0 Å². The van der Waals surface area contributed by atoms with Gasteiger partial charge in [0.05, 0.1) is 0 Å². The molecule has 14 heavy (non-hydrogen) atoms. The first-order valence-corrected chi connectivity index (χ1v) is 6.10. The van der Waals surface area contributed by atoms with Gasteiger partial charge in [-0.05, 0) is 57.4 Å². The zero-order valence-electron chi connectivity index (χ0n) is 10.4. The molecule has 1 heteroatoms. The van der Waals surface area contributed by atoms with Gasteiger partial charge in [0.1, 0.15) is 0 Å². The van der Waals surface area contributed by atoms with Gasteiger partial charge in [-0.25, -0.2) is 0 Å². The minimum atomic E-state index is 0.383. The molecule has 0 aromatic carbocycles. The van der Waals surface area contributed by atoms with E-state index in [1.165, 1.54) is 25.9 Å². The SMILES string of the molecule is CC(C)C1CC12CCN(C(C)(C)C)C2. The van der Waals surface area contributed by atoms with Crippen molar-refractivity contribution in [3.8, 4) is 0 Å². The van der Waals surface area contributed by atoms with Crippen molar-refractivity contribution in [2.24, 2.45) is 17.3 Å². The second-order valence-corrected chi connectivity index (χ2v) is 6.76. The van der Waals surface area contributed by atoms with Crippen molar-refractivity contribution in [1.29, 1.82) is 0 Å². The lowest BCUT2D eigenvalue weighted by Crippen LogP contribution is -2.39. The van der Waals surface area contributed by atoms with Crippen LogP contribution in [0.2, 0.25) is 0 Å². The number of hydrogen-bond donors (Lipinski definition) is 0. The fraction of sp³-hybridized carbons (Fsp3) is 1.00. The van der Waals surface area contributed by atoms with E-state index in [0.717, 1.165) is 17.3 Å². The summed E-state index contributed by atoms with van der Waals surface area (Å²) in [5.74, 6) is 1.92. The highest BCUT2D eigenvalue weighted by molar-refractivity contribution is 5.09. The maximum Gasteiger partial charge on any atom is 0.0125 e. The maximum atomic E-state index is 2.68. The van der Waals surface area contributed by atoms with Gasteiger partial charge < -0.3 is 0 Å². The largest absolute Gasteiger partial charge is 0.298 e. The summed E-state index contributed by atoms with van der Waals surface area (Å²) in [4.78, 5) is 2.68. The Bertz CT molecular complexity index is 226. The summed E-state index contributed by atoms with van der Waals surface area (Å²) in [6.45, 7) is 14.5. The molecule has 2 aliphatic rings. The van der Waals surface area contributed by atoms with Crippen molar-refractivity contribution in [2.75, 3.05) is 13.1 Å². The second-order valence-electron chi connectivity index (χ2n) is 6.76. The Morgan fingerprint density at radius 1 is 1.29 bits per heavy atom. The van der Waals surface area contributed by atoms with Crippen molar-refractivity contribution in [3.05, 3.63) is 0 Å². The van der Waals surface area contributed by atoms with E-state index < -0.39 is 0 Å². The molecule has 2 fully saturated rings. The van der Waals surface area contributed by atoms with Crippen LogP contribution in [0.3, 0.4) is 0 Å². The molecule has 1 spiro atoms. The van der Waals surface area contributed by atoms with Gasteiger partial charge in [0.25, 0.3) is 0 Å². The summed E-state index contributed by atoms with van der Waals surface area (Å²) in [6.07, 6.45) is 2.95. The molecule has 1 saturated carbocycles. The fourth-order valence-corrected chi connectivity index (χ4v) is 3.26. The molecule has 1 saturated heterocycles. The normalized spacial score (nSPS) is 38.6. The lowest BCUT2D eigenvalue weighted by atomic mass is 9.96. The summed E-state index contributed by atoms with van der Waals surface area (Å²) in [5, 5.41) is 0. The van der Waals surface area contributed by atoms with Crippen LogP contribution in [0.5, 0.6) is 0 Å². The van der Waals surface area contributed by atoms with Crippen molar-refractivity contribution < 1.29 is 0 Å². The molecule has 0 aromatic heterocycles. The van der Waals surface area contributed by atoms with Crippen LogP contribution >= 0.6 is 0 Å². The monoisotopic (exact) mass is 195 g/mol. The first kappa shape index (κ1) is 10.5. The van der Waals surface area contributed by atoms with Crippen molar-refractivity contribution >= 4 is 0 Å². The molecule has 1 aliphatic carbocycles. The summed E-state index contributed by atoms with van der Waals surface area (Å²) < 4.78 is 0. The minimum absolute atomic E-state index is 0.383. The van der Waals surface area contributed by atoms with Gasteiger partial charge in [-0.1, -0.05) is 13.8 Å². The molecule has 0 radical (unpaired) electrons. The number of hydrogen-bond acceptors (Lipinski definition) is 1. The Kier molecular flexibility index (Phi) is 2.23. The Morgan fingerprint density at radius 2 is 1.93 bits per heavy atom. The molecule has 2 rings (SSSR count). The standard InChI is InChI=1S/C13H25N/c1-10(2)11-8-13(11)6-7-14(9-13)12(3,4)5/h10-11H,6-9H2,1-5H3. The zero-order chi connectivity index (χ0) is 10.6. The van der Waals surface area contributed by atoms with Crippen molar-refractivity contribution in [3.63, 3.8) is 0 Å². The molecular weight excluding hydrogens is 170 g/mol. The predicted octanol–water partition coefficient (Wildman–Crippen LogP) is 3.15. The Hall–Kier alpha value is -0.0400. The zero-order valence-corrected chi connectivity index (χ0v) is 10.4. The molecular formula is C13H25N. The maximum absolute atomic E-state index is 2.68. The molecule has 0 amide bonds. The van der Waals surface area contributed by atoms with Crippen molar-refractivity contribution in [2.45, 2.75) is 53.0 Å². The van der Waals surface area contributed by atoms with Crippen LogP contribution in [0.25, 0.3) is 0 Å². The average Bonchev–Trinajstić information content (AvgIpc) is 2.50. The van der Waals surface area contributed by atoms with E-state index in [0.29, 0.717) is 5.54 Å². The summed E-state index contributed by atoms with van der Waals surface area (Å²) in [7, 11) is 0. The summed E-state index contributed by atoms with van der Waals surface area (Å²) in [5.41, 5.74) is 1.12. The Labute approximate surface area is 88.9 Å². The molecule has 1 heterocycles. The van der Waals surface area contributed by atoms with Gasteiger partial charge in [0, 0.05) is 12.1 Å². The number of nitrogens with zero attached hydrogens (tertiary/aromatic N) is 1. The molecule has 2 unspecified atom stereocenters. The van der Waals surface area contributed by atoms with Gasteiger partial charge in [-0.2, -0.15) is 0 Å². The number of rotatable bonds is 1. The first-order valence-electron chi connectivity index (χ1n) is 6.10. The highest BCUT2D eigenvalue weighted by Gasteiger charge is 2.58. The summed E-state index contributed by atoms with van der Waals surface area (Å²) in [6, 6.07) is 0. The van der Waals surface area contributed by atoms with Crippen LogP contribution in [0, 0.1) is 17.3 Å². The smallest absolute Gasteiger partial charge is 0.0125 e. The molecule has 82 valence electrons. The van der Waals surface area contributed by atoms with Gasteiger partial charge >= 0.3 is 0 Å². The van der Waals surface area contributed by atoms with Crippen molar-refractivity contribution in [1.82, 2.24) is 4.90 Å². The van der Waals surface area contributed by atoms with E-state index in [1.54, 1.807) is 0 Å². The van der Waals surface area contributed by atoms with E-state index in [9.17, 15) is 0 Å². The molecule has 1 aliphatic heterocycles. The van der Waals surface area contributed by atoms with E-state index in [1.807, 2.05) is 0 Å². The van der Waals surface area contributed by atoms with E-state index >= 15 is 0 Å². The molecule has 0 N–H and O–H groups in total. The number of likely N-dealkylation sites (tertiary alicyclic amines) is 1. The third-order valence-corrected chi connectivity index (χ3v) is 4.39. The van der Waals surface area contributed by atoms with Crippen LogP contribution in [0.15, 0.2) is 0 Å². The predicted molar refractivity (Wildman–Crippen MR) is 61.3 cm³/mol. The Morgan fingerprint density at radius 3 is 2.29 bits per heavy atom. The lowest BCUT2D eigenvalue weighted by Gasteiger charge is -2.32. The van der Waals surface area contributed by atoms with E-state index in [-0.39, 0.29) is 0 Å². The molecule has 0 bridgehead atoms. The van der Waals surface area contributed by atoms with Gasteiger partial charge in [-0.3, -0.25) is 4.90 Å². The van der Waals surface area contributed by atoms with E-state index in [2.05, 4.69) is 39.5 Å². The first-order chi connectivity index (χ1) is 6.35. The Balaban J connectivity index is 1.97. The minimum Gasteiger partial charge on any atom is -0.298 e.